The number of halogens is 1. The molecule has 0 aliphatic carbocycles. The van der Waals surface area contributed by atoms with E-state index in [4.69, 9.17) is 11.6 Å². The van der Waals surface area contributed by atoms with Gasteiger partial charge in [0.25, 0.3) is 0 Å². The Morgan fingerprint density at radius 2 is 2.11 bits per heavy atom. The topological polar surface area (TPSA) is 37.3 Å². The van der Waals surface area contributed by atoms with Crippen LogP contribution >= 0.6 is 11.6 Å². The van der Waals surface area contributed by atoms with Gasteiger partial charge in [-0.15, -0.1) is 0 Å². The first kappa shape index (κ1) is 13.8. The summed E-state index contributed by atoms with van der Waals surface area (Å²) in [5.74, 6) is 0.523. The summed E-state index contributed by atoms with van der Waals surface area (Å²) in [6.07, 6.45) is 5.94. The van der Waals surface area contributed by atoms with Gasteiger partial charge in [0, 0.05) is 22.8 Å². The minimum Gasteiger partial charge on any atom is -0.278 e. The minimum absolute atomic E-state index is 0.523. The molecule has 0 unspecified atom stereocenters. The lowest BCUT2D eigenvalue weighted by molar-refractivity contribution is 0.654. The maximum atomic E-state index is 5.96. The van der Waals surface area contributed by atoms with Crippen LogP contribution in [0.3, 0.4) is 0 Å². The average molecular weight is 276 g/mol. The zero-order valence-electron chi connectivity index (χ0n) is 11.2. The third-order valence-electron chi connectivity index (χ3n) is 3.22. The van der Waals surface area contributed by atoms with Crippen molar-refractivity contribution >= 4 is 34.4 Å². The SMILES string of the molecule is CCC(/C=N\Nc1ccnc2cc(Cl)ccc12)CC. The summed E-state index contributed by atoms with van der Waals surface area (Å²) in [6.45, 7) is 4.34. The Labute approximate surface area is 118 Å². The first-order valence-corrected chi connectivity index (χ1v) is 6.95. The molecule has 0 aliphatic heterocycles. The van der Waals surface area contributed by atoms with Crippen LogP contribution in [-0.2, 0) is 0 Å². The summed E-state index contributed by atoms with van der Waals surface area (Å²) < 4.78 is 0. The molecule has 0 amide bonds. The van der Waals surface area contributed by atoms with Crippen molar-refractivity contribution in [3.05, 3.63) is 35.5 Å². The number of hydrazone groups is 1. The lowest BCUT2D eigenvalue weighted by Gasteiger charge is -2.07. The zero-order valence-corrected chi connectivity index (χ0v) is 12.0. The monoisotopic (exact) mass is 275 g/mol. The Bertz CT molecular complexity index is 577. The van der Waals surface area contributed by atoms with E-state index in [0.29, 0.717) is 10.9 Å². The molecule has 1 aromatic carbocycles. The van der Waals surface area contributed by atoms with Gasteiger partial charge in [0.2, 0.25) is 0 Å². The Hall–Kier alpha value is -1.61. The highest BCUT2D eigenvalue weighted by Crippen LogP contribution is 2.24. The fourth-order valence-corrected chi connectivity index (χ4v) is 2.10. The van der Waals surface area contributed by atoms with Crippen molar-refractivity contribution in [3.8, 4) is 0 Å². The highest BCUT2D eigenvalue weighted by atomic mass is 35.5. The van der Waals surface area contributed by atoms with Crippen molar-refractivity contribution < 1.29 is 0 Å². The van der Waals surface area contributed by atoms with Gasteiger partial charge in [-0.3, -0.25) is 10.4 Å². The molecule has 3 nitrogen and oxygen atoms in total. The van der Waals surface area contributed by atoms with E-state index < -0.39 is 0 Å². The van der Waals surface area contributed by atoms with Crippen LogP contribution in [0.4, 0.5) is 5.69 Å². The third-order valence-corrected chi connectivity index (χ3v) is 3.46. The van der Waals surface area contributed by atoms with E-state index in [9.17, 15) is 0 Å². The second-order valence-electron chi connectivity index (χ2n) is 4.49. The van der Waals surface area contributed by atoms with Crippen molar-refractivity contribution in [2.75, 3.05) is 5.43 Å². The molecule has 1 aromatic heterocycles. The van der Waals surface area contributed by atoms with Crippen LogP contribution in [0.2, 0.25) is 5.02 Å². The molecule has 0 atom stereocenters. The maximum Gasteiger partial charge on any atom is 0.0738 e. The van der Waals surface area contributed by atoms with E-state index in [1.54, 1.807) is 6.20 Å². The summed E-state index contributed by atoms with van der Waals surface area (Å²) in [7, 11) is 0. The van der Waals surface area contributed by atoms with Gasteiger partial charge in [-0.05, 0) is 43.0 Å². The molecule has 2 rings (SSSR count). The maximum absolute atomic E-state index is 5.96. The number of benzene rings is 1. The molecule has 100 valence electrons. The number of hydrogen-bond acceptors (Lipinski definition) is 3. The molecule has 2 aromatic rings. The van der Waals surface area contributed by atoms with Gasteiger partial charge >= 0.3 is 0 Å². The number of aromatic nitrogens is 1. The molecular formula is C15H18ClN3. The van der Waals surface area contributed by atoms with Gasteiger partial charge in [-0.1, -0.05) is 25.4 Å². The van der Waals surface area contributed by atoms with Gasteiger partial charge < -0.3 is 0 Å². The zero-order chi connectivity index (χ0) is 13.7. The van der Waals surface area contributed by atoms with Crippen LogP contribution in [-0.4, -0.2) is 11.2 Å². The molecule has 0 fully saturated rings. The van der Waals surface area contributed by atoms with Crippen molar-refractivity contribution in [1.82, 2.24) is 4.98 Å². The van der Waals surface area contributed by atoms with E-state index in [-0.39, 0.29) is 0 Å². The highest BCUT2D eigenvalue weighted by molar-refractivity contribution is 6.31. The molecule has 19 heavy (non-hydrogen) atoms. The van der Waals surface area contributed by atoms with E-state index in [1.165, 1.54) is 0 Å². The number of fused-ring (bicyclic) bond motifs is 1. The Morgan fingerprint density at radius 1 is 1.32 bits per heavy atom. The summed E-state index contributed by atoms with van der Waals surface area (Å²) in [4.78, 5) is 4.30. The van der Waals surface area contributed by atoms with Crippen molar-refractivity contribution in [2.24, 2.45) is 11.0 Å². The van der Waals surface area contributed by atoms with Gasteiger partial charge in [0.05, 0.1) is 11.2 Å². The largest absolute Gasteiger partial charge is 0.278 e. The van der Waals surface area contributed by atoms with Gasteiger partial charge in [-0.25, -0.2) is 0 Å². The number of nitrogens with one attached hydrogen (secondary N) is 1. The number of hydrogen-bond donors (Lipinski definition) is 1. The molecular weight excluding hydrogens is 258 g/mol. The minimum atomic E-state index is 0.523. The van der Waals surface area contributed by atoms with Crippen LogP contribution in [0.5, 0.6) is 0 Å². The first-order chi connectivity index (χ1) is 9.24. The van der Waals surface area contributed by atoms with Gasteiger partial charge in [-0.2, -0.15) is 5.10 Å². The lowest BCUT2D eigenvalue weighted by atomic mass is 10.1. The predicted octanol–water partition coefficient (Wildman–Crippen LogP) is 4.72. The van der Waals surface area contributed by atoms with E-state index in [0.717, 1.165) is 29.4 Å². The molecule has 0 bridgehead atoms. The third kappa shape index (κ3) is 3.44. The number of anilines is 1. The Morgan fingerprint density at radius 3 is 2.84 bits per heavy atom. The molecule has 0 aliphatic rings. The lowest BCUT2D eigenvalue weighted by Crippen LogP contribution is -2.00. The highest BCUT2D eigenvalue weighted by Gasteiger charge is 2.02. The summed E-state index contributed by atoms with van der Waals surface area (Å²) in [5.41, 5.74) is 4.91. The predicted molar refractivity (Wildman–Crippen MR) is 82.9 cm³/mol. The fraction of sp³-hybridized carbons (Fsp3) is 0.333. The fourth-order valence-electron chi connectivity index (χ4n) is 1.93. The molecule has 1 heterocycles. The van der Waals surface area contributed by atoms with E-state index >= 15 is 0 Å². The van der Waals surface area contributed by atoms with Crippen LogP contribution in [0.25, 0.3) is 10.9 Å². The summed E-state index contributed by atoms with van der Waals surface area (Å²) in [6, 6.07) is 7.59. The Balaban J connectivity index is 2.21. The van der Waals surface area contributed by atoms with Crippen LogP contribution < -0.4 is 5.43 Å². The molecule has 0 saturated heterocycles. The first-order valence-electron chi connectivity index (χ1n) is 6.58. The smallest absolute Gasteiger partial charge is 0.0738 e. The summed E-state index contributed by atoms with van der Waals surface area (Å²) >= 11 is 5.96. The van der Waals surface area contributed by atoms with Gasteiger partial charge in [0.15, 0.2) is 0 Å². The molecule has 0 radical (unpaired) electrons. The number of nitrogens with zero attached hydrogens (tertiary/aromatic N) is 2. The van der Waals surface area contributed by atoms with Gasteiger partial charge in [0.1, 0.15) is 0 Å². The second kappa shape index (κ2) is 6.53. The van der Waals surface area contributed by atoms with Crippen molar-refractivity contribution in [3.63, 3.8) is 0 Å². The van der Waals surface area contributed by atoms with Crippen LogP contribution in [0.15, 0.2) is 35.6 Å². The molecule has 0 spiro atoms. The van der Waals surface area contributed by atoms with Crippen molar-refractivity contribution in [2.45, 2.75) is 26.7 Å². The normalized spacial score (nSPS) is 11.6. The standard InChI is InChI=1S/C15H18ClN3/c1-3-11(4-2)10-18-19-14-7-8-17-15-9-12(16)5-6-13(14)15/h5-11H,3-4H2,1-2H3,(H,17,19)/b18-10-. The van der Waals surface area contributed by atoms with E-state index in [2.05, 4.69) is 29.4 Å². The number of pyridine rings is 1. The Kier molecular flexibility index (Phi) is 4.74. The van der Waals surface area contributed by atoms with Crippen LogP contribution in [0, 0.1) is 5.92 Å². The summed E-state index contributed by atoms with van der Waals surface area (Å²) in [5, 5.41) is 6.03. The quantitative estimate of drug-likeness (QED) is 0.633. The molecule has 1 N–H and O–H groups in total. The number of rotatable bonds is 5. The second-order valence-corrected chi connectivity index (χ2v) is 4.92. The molecule has 0 saturated carbocycles. The van der Waals surface area contributed by atoms with Crippen molar-refractivity contribution in [1.29, 1.82) is 0 Å². The average Bonchev–Trinajstić information content (AvgIpc) is 2.43. The van der Waals surface area contributed by atoms with E-state index in [1.807, 2.05) is 30.5 Å². The van der Waals surface area contributed by atoms with Crippen LogP contribution in [0.1, 0.15) is 26.7 Å². The molecule has 4 heteroatoms.